The number of ether oxygens (including phenoxy) is 1. The number of benzene rings is 2. The van der Waals surface area contributed by atoms with Crippen molar-refractivity contribution in [2.24, 2.45) is 10.2 Å². The van der Waals surface area contributed by atoms with Crippen LogP contribution < -0.4 is 9.64 Å². The van der Waals surface area contributed by atoms with Crippen molar-refractivity contribution in [1.29, 1.82) is 0 Å². The fraction of sp³-hybridized carbons (Fsp3) is 0.435. The highest BCUT2D eigenvalue weighted by Crippen LogP contribution is 2.46. The lowest BCUT2D eigenvalue weighted by molar-refractivity contribution is -0.432. The van der Waals surface area contributed by atoms with Gasteiger partial charge in [-0.2, -0.15) is 0 Å². The van der Waals surface area contributed by atoms with Crippen molar-refractivity contribution >= 4 is 50.1 Å². The first-order valence-electron chi connectivity index (χ1n) is 11.3. The summed E-state index contributed by atoms with van der Waals surface area (Å²) in [7, 11) is 0. The Morgan fingerprint density at radius 3 is 2.91 bits per heavy atom. The minimum Gasteiger partial charge on any atom is -0.494 e. The Kier molecular flexibility index (Phi) is 7.07. The Balaban J connectivity index is 1.45. The maximum absolute atomic E-state index is 8.74. The molecule has 0 bridgehead atoms. The van der Waals surface area contributed by atoms with Gasteiger partial charge >= 0.3 is 0 Å². The summed E-state index contributed by atoms with van der Waals surface area (Å²) < 4.78 is 11.7. The molecule has 1 N–H and O–H groups in total. The summed E-state index contributed by atoms with van der Waals surface area (Å²) in [6.45, 7) is 5.00. The van der Waals surface area contributed by atoms with Gasteiger partial charge in [0.25, 0.3) is 0 Å². The average molecular weight is 487 g/mol. The van der Waals surface area contributed by atoms with E-state index in [0.29, 0.717) is 17.4 Å². The van der Waals surface area contributed by atoms with Gasteiger partial charge in [-0.1, -0.05) is 29.7 Å². The highest BCUT2D eigenvalue weighted by molar-refractivity contribution is 7.94. The van der Waals surface area contributed by atoms with Gasteiger partial charge in [0.05, 0.1) is 33.8 Å². The molecule has 8 nitrogen and oxygen atoms in total. The summed E-state index contributed by atoms with van der Waals surface area (Å²) in [5, 5.41) is 22.2. The third kappa shape index (κ3) is 4.85. The van der Waals surface area contributed by atoms with Gasteiger partial charge in [0, 0.05) is 18.8 Å². The highest BCUT2D eigenvalue weighted by atomic mass is 32.2. The minimum absolute atomic E-state index is 0.582. The molecule has 174 valence electrons. The third-order valence-electron chi connectivity index (χ3n) is 5.96. The largest absolute Gasteiger partial charge is 0.494 e. The van der Waals surface area contributed by atoms with Crippen molar-refractivity contribution < 1.29 is 19.4 Å². The third-order valence-corrected chi connectivity index (χ3v) is 7.61. The number of thiazole rings is 1. The van der Waals surface area contributed by atoms with E-state index in [1.807, 2.05) is 18.2 Å². The number of aryl methyl sites for hydroxylation is 1. The molecule has 0 aliphatic carbocycles. The first-order valence-corrected chi connectivity index (χ1v) is 12.9. The van der Waals surface area contributed by atoms with Crippen molar-refractivity contribution in [3.8, 4) is 5.75 Å². The SMILES string of the molecule is CCCCOc1ccc2nc(N=Nc3cc4c5c(c3SOOO)CCCN5CCC4)sc2c1. The van der Waals surface area contributed by atoms with Crippen molar-refractivity contribution in [3.63, 3.8) is 0 Å². The lowest BCUT2D eigenvalue weighted by Crippen LogP contribution is -2.34. The Morgan fingerprint density at radius 1 is 1.18 bits per heavy atom. The predicted molar refractivity (Wildman–Crippen MR) is 130 cm³/mol. The zero-order valence-electron chi connectivity index (χ0n) is 18.5. The second-order valence-corrected chi connectivity index (χ2v) is 9.88. The highest BCUT2D eigenvalue weighted by Gasteiger charge is 2.28. The molecule has 0 spiro atoms. The lowest BCUT2D eigenvalue weighted by Gasteiger charge is -2.37. The molecule has 2 aliphatic heterocycles. The van der Waals surface area contributed by atoms with Crippen LogP contribution in [0.25, 0.3) is 10.2 Å². The number of unbranched alkanes of at least 4 members (excludes halogenated alkanes) is 1. The molecule has 0 unspecified atom stereocenters. The molecule has 0 fully saturated rings. The summed E-state index contributed by atoms with van der Waals surface area (Å²) >= 11 is 2.45. The lowest BCUT2D eigenvalue weighted by atomic mass is 9.91. The number of hydrogen-bond acceptors (Lipinski definition) is 10. The molecule has 0 atom stereocenters. The number of nitrogens with zero attached hydrogens (tertiary/aromatic N) is 4. The van der Waals surface area contributed by atoms with E-state index in [1.54, 1.807) is 0 Å². The van der Waals surface area contributed by atoms with Gasteiger partial charge in [-0.25, -0.2) is 10.2 Å². The van der Waals surface area contributed by atoms with Crippen LogP contribution >= 0.6 is 23.4 Å². The van der Waals surface area contributed by atoms with Crippen LogP contribution in [0, 0.1) is 0 Å². The predicted octanol–water partition coefficient (Wildman–Crippen LogP) is 7.02. The molecule has 10 heteroatoms. The molecule has 2 aliphatic rings. The summed E-state index contributed by atoms with van der Waals surface area (Å²) in [5.74, 6) is 0.848. The number of azo groups is 1. The minimum atomic E-state index is 0.582. The van der Waals surface area contributed by atoms with Gasteiger partial charge < -0.3 is 9.64 Å². The fourth-order valence-corrected chi connectivity index (χ4v) is 5.89. The topological polar surface area (TPSA) is 88.8 Å². The molecule has 3 heterocycles. The summed E-state index contributed by atoms with van der Waals surface area (Å²) in [6.07, 6.45) is 6.29. The zero-order chi connectivity index (χ0) is 22.6. The summed E-state index contributed by atoms with van der Waals surface area (Å²) in [5.41, 5.74) is 5.34. The standard InChI is InChI=1S/C23H26N4O4S2/c1-2-3-12-29-16-8-9-18-20(14-16)32-23(24-18)26-25-19-13-15-6-4-10-27-11-5-7-17(21(15)27)22(19)33-31-30-28/h8-9,13-14,28H,2-7,10-12H2,1H3. The molecule has 2 aromatic carbocycles. The van der Waals surface area contributed by atoms with Crippen molar-refractivity contribution in [1.82, 2.24) is 4.98 Å². The molecule has 0 saturated carbocycles. The Labute approximate surface area is 200 Å². The van der Waals surface area contributed by atoms with Crippen LogP contribution in [-0.2, 0) is 22.2 Å². The molecular weight excluding hydrogens is 460 g/mol. The van der Waals surface area contributed by atoms with Gasteiger partial charge in [0.15, 0.2) is 0 Å². The van der Waals surface area contributed by atoms with Gasteiger partial charge in [0.1, 0.15) is 11.4 Å². The van der Waals surface area contributed by atoms with Crippen LogP contribution in [-0.4, -0.2) is 29.9 Å². The van der Waals surface area contributed by atoms with E-state index in [9.17, 15) is 0 Å². The molecule has 0 radical (unpaired) electrons. The first kappa shape index (κ1) is 22.5. The van der Waals surface area contributed by atoms with Crippen molar-refractivity contribution in [3.05, 3.63) is 35.4 Å². The van der Waals surface area contributed by atoms with E-state index in [2.05, 4.69) is 38.1 Å². The number of fused-ring (bicyclic) bond motifs is 1. The van der Waals surface area contributed by atoms with Crippen LogP contribution in [0.3, 0.4) is 0 Å². The smallest absolute Gasteiger partial charge is 0.231 e. The van der Waals surface area contributed by atoms with Gasteiger partial charge in [-0.05, 0) is 67.5 Å². The van der Waals surface area contributed by atoms with Crippen LogP contribution in [0.2, 0.25) is 0 Å². The molecule has 5 rings (SSSR count). The van der Waals surface area contributed by atoms with E-state index in [0.717, 1.165) is 84.5 Å². The number of anilines is 1. The zero-order valence-corrected chi connectivity index (χ0v) is 20.1. The van der Waals surface area contributed by atoms with E-state index in [4.69, 9.17) is 14.3 Å². The summed E-state index contributed by atoms with van der Waals surface area (Å²) in [6, 6.07) is 7.99. The quantitative estimate of drug-likeness (QED) is 0.114. The molecule has 3 aromatic rings. The molecule has 1 aromatic heterocycles. The average Bonchev–Trinajstić information content (AvgIpc) is 3.25. The monoisotopic (exact) mass is 486 g/mol. The molecule has 0 saturated heterocycles. The Morgan fingerprint density at radius 2 is 2.06 bits per heavy atom. The molecule has 0 amide bonds. The maximum atomic E-state index is 8.74. The second-order valence-electron chi connectivity index (χ2n) is 8.16. The van der Waals surface area contributed by atoms with E-state index in [-0.39, 0.29) is 0 Å². The number of rotatable bonds is 9. The van der Waals surface area contributed by atoms with Gasteiger partial charge in [-0.15, -0.1) is 14.6 Å². The molecule has 33 heavy (non-hydrogen) atoms. The Hall–Kier alpha value is -2.24. The Bertz CT molecular complexity index is 1170. The van der Waals surface area contributed by atoms with Crippen LogP contribution in [0.15, 0.2) is 39.4 Å². The van der Waals surface area contributed by atoms with Crippen LogP contribution in [0.1, 0.15) is 43.7 Å². The normalized spacial score (nSPS) is 15.4. The maximum Gasteiger partial charge on any atom is 0.231 e. The second kappa shape index (κ2) is 10.4. The van der Waals surface area contributed by atoms with Gasteiger partial charge in [-0.3, -0.25) is 0 Å². The number of hydrogen-bond donors (Lipinski definition) is 1. The fourth-order valence-electron chi connectivity index (χ4n) is 4.49. The van der Waals surface area contributed by atoms with E-state index < -0.39 is 0 Å². The van der Waals surface area contributed by atoms with Crippen molar-refractivity contribution in [2.75, 3.05) is 24.6 Å². The first-order chi connectivity index (χ1) is 16.3. The molecular formula is C23H26N4O4S2. The number of aromatic nitrogens is 1. The van der Waals surface area contributed by atoms with Gasteiger partial charge in [0.2, 0.25) is 5.13 Å². The van der Waals surface area contributed by atoms with E-state index >= 15 is 0 Å². The van der Waals surface area contributed by atoms with E-state index in [1.165, 1.54) is 28.2 Å². The van der Waals surface area contributed by atoms with Crippen molar-refractivity contribution in [2.45, 2.75) is 50.3 Å². The summed E-state index contributed by atoms with van der Waals surface area (Å²) in [4.78, 5) is 7.87. The van der Waals surface area contributed by atoms with Crippen LogP contribution in [0.5, 0.6) is 5.75 Å². The van der Waals surface area contributed by atoms with Crippen LogP contribution in [0.4, 0.5) is 16.5 Å².